The molecule has 1 N–H and O–H groups in total. The molecule has 0 saturated heterocycles. The van der Waals surface area contributed by atoms with Gasteiger partial charge in [0.1, 0.15) is 5.82 Å². The third-order valence-corrected chi connectivity index (χ3v) is 5.80. The van der Waals surface area contributed by atoms with Crippen molar-refractivity contribution in [2.45, 2.75) is 44.4 Å². The lowest BCUT2D eigenvalue weighted by atomic mass is 9.85. The number of aromatic amines is 1. The summed E-state index contributed by atoms with van der Waals surface area (Å²) in [5.41, 5.74) is 4.60. The highest BCUT2D eigenvalue weighted by Gasteiger charge is 2.23. The van der Waals surface area contributed by atoms with Crippen LogP contribution in [0.2, 0.25) is 10.0 Å². The second kappa shape index (κ2) is 7.85. The molecule has 134 valence electrons. The van der Waals surface area contributed by atoms with E-state index >= 15 is 0 Å². The molecule has 1 aliphatic rings. The fraction of sp³-hybridized carbons (Fsp3) is 0.318. The first-order valence-corrected chi connectivity index (χ1v) is 10.0. The zero-order valence-electron chi connectivity index (χ0n) is 14.6. The van der Waals surface area contributed by atoms with Crippen LogP contribution in [0, 0.1) is 0 Å². The second-order valence-corrected chi connectivity index (χ2v) is 7.90. The van der Waals surface area contributed by atoms with Crippen molar-refractivity contribution in [2.24, 2.45) is 0 Å². The van der Waals surface area contributed by atoms with Crippen molar-refractivity contribution in [2.75, 3.05) is 0 Å². The Kier molecular flexibility index (Phi) is 5.33. The summed E-state index contributed by atoms with van der Waals surface area (Å²) >= 11 is 12.4. The van der Waals surface area contributed by atoms with E-state index in [1.807, 2.05) is 18.2 Å². The minimum absolute atomic E-state index is 0.570. The van der Waals surface area contributed by atoms with Crippen LogP contribution in [0.1, 0.15) is 55.1 Å². The van der Waals surface area contributed by atoms with E-state index < -0.39 is 0 Å². The molecule has 1 heterocycles. The van der Waals surface area contributed by atoms with Crippen LogP contribution in [0.4, 0.5) is 0 Å². The summed E-state index contributed by atoms with van der Waals surface area (Å²) in [7, 11) is 0. The third kappa shape index (κ3) is 3.82. The molecule has 3 aromatic rings. The van der Waals surface area contributed by atoms with Crippen molar-refractivity contribution in [1.82, 2.24) is 9.97 Å². The predicted octanol–water partition coefficient (Wildman–Crippen LogP) is 7.02. The monoisotopic (exact) mass is 384 g/mol. The van der Waals surface area contributed by atoms with Crippen LogP contribution >= 0.6 is 23.2 Å². The van der Waals surface area contributed by atoms with Gasteiger partial charge in [0.2, 0.25) is 0 Å². The van der Waals surface area contributed by atoms with E-state index in [2.05, 4.69) is 29.2 Å². The number of rotatable bonds is 4. The maximum atomic E-state index is 6.37. The molecule has 2 aromatic carbocycles. The molecule has 4 rings (SSSR count). The normalized spacial score (nSPS) is 15.3. The molecule has 0 amide bonds. The van der Waals surface area contributed by atoms with Crippen molar-refractivity contribution in [3.05, 3.63) is 75.7 Å². The standard InChI is InChI=1S/C22H22Cl2N2/c23-18-12-11-17(19(24)14-18)13-20-25-21(15-7-3-1-4-8-15)22(26-20)16-9-5-2-6-10-16/h1,3-4,7-8,11-12,14,16H,2,5-6,9-10,13H2,(H,25,26). The lowest BCUT2D eigenvalue weighted by Crippen LogP contribution is -2.06. The molecule has 0 spiro atoms. The Morgan fingerprint density at radius 2 is 1.73 bits per heavy atom. The number of hydrogen-bond donors (Lipinski definition) is 1. The lowest BCUT2D eigenvalue weighted by Gasteiger charge is -2.21. The molecule has 0 unspecified atom stereocenters. The first kappa shape index (κ1) is 17.6. The molecule has 1 aliphatic carbocycles. The van der Waals surface area contributed by atoms with E-state index in [0.717, 1.165) is 17.1 Å². The van der Waals surface area contributed by atoms with E-state index in [1.165, 1.54) is 43.4 Å². The van der Waals surface area contributed by atoms with E-state index in [4.69, 9.17) is 28.2 Å². The van der Waals surface area contributed by atoms with Gasteiger partial charge in [-0.1, -0.05) is 78.9 Å². The Hall–Kier alpha value is -1.77. The molecule has 0 bridgehead atoms. The maximum absolute atomic E-state index is 6.37. The van der Waals surface area contributed by atoms with Gasteiger partial charge in [-0.2, -0.15) is 0 Å². The Morgan fingerprint density at radius 1 is 0.962 bits per heavy atom. The van der Waals surface area contributed by atoms with E-state index in [0.29, 0.717) is 22.4 Å². The maximum Gasteiger partial charge on any atom is 0.111 e. The van der Waals surface area contributed by atoms with E-state index in [9.17, 15) is 0 Å². The zero-order chi connectivity index (χ0) is 17.9. The van der Waals surface area contributed by atoms with Gasteiger partial charge >= 0.3 is 0 Å². The zero-order valence-corrected chi connectivity index (χ0v) is 16.2. The Balaban J connectivity index is 1.70. The van der Waals surface area contributed by atoms with Crippen molar-refractivity contribution < 1.29 is 0 Å². The minimum Gasteiger partial charge on any atom is -0.345 e. The average molecular weight is 385 g/mol. The van der Waals surface area contributed by atoms with Crippen molar-refractivity contribution in [3.63, 3.8) is 0 Å². The quantitative estimate of drug-likeness (QED) is 0.513. The Bertz CT molecular complexity index is 880. The van der Waals surface area contributed by atoms with Gasteiger partial charge in [-0.25, -0.2) is 4.98 Å². The van der Waals surface area contributed by atoms with Gasteiger partial charge in [0.15, 0.2) is 0 Å². The van der Waals surface area contributed by atoms with Crippen LogP contribution in [-0.4, -0.2) is 9.97 Å². The molecule has 0 radical (unpaired) electrons. The second-order valence-electron chi connectivity index (χ2n) is 7.06. The van der Waals surface area contributed by atoms with Crippen molar-refractivity contribution in [3.8, 4) is 11.3 Å². The summed E-state index contributed by atoms with van der Waals surface area (Å²) in [5.74, 6) is 1.54. The minimum atomic E-state index is 0.570. The smallest absolute Gasteiger partial charge is 0.111 e. The number of aromatic nitrogens is 2. The van der Waals surface area contributed by atoms with Gasteiger partial charge < -0.3 is 4.98 Å². The highest BCUT2D eigenvalue weighted by molar-refractivity contribution is 6.35. The summed E-state index contributed by atoms with van der Waals surface area (Å²) < 4.78 is 0. The Labute approximate surface area is 164 Å². The number of halogens is 2. The molecule has 2 nitrogen and oxygen atoms in total. The molecule has 1 fully saturated rings. The number of nitrogens with one attached hydrogen (secondary N) is 1. The highest BCUT2D eigenvalue weighted by Crippen LogP contribution is 2.37. The summed E-state index contributed by atoms with van der Waals surface area (Å²) in [5, 5.41) is 1.35. The van der Waals surface area contributed by atoms with Crippen LogP contribution in [0.3, 0.4) is 0 Å². The SMILES string of the molecule is Clc1ccc(Cc2nc(-c3ccccc3)c(C3CCCCC3)[nH]2)c(Cl)c1. The average Bonchev–Trinajstić information content (AvgIpc) is 3.09. The summed E-state index contributed by atoms with van der Waals surface area (Å²) in [4.78, 5) is 8.60. The van der Waals surface area contributed by atoms with Crippen LogP contribution in [0.15, 0.2) is 48.5 Å². The predicted molar refractivity (Wildman–Crippen MR) is 109 cm³/mol. The number of hydrogen-bond acceptors (Lipinski definition) is 1. The first-order valence-electron chi connectivity index (χ1n) is 9.29. The fourth-order valence-electron chi connectivity index (χ4n) is 3.87. The third-order valence-electron chi connectivity index (χ3n) is 5.21. The summed E-state index contributed by atoms with van der Waals surface area (Å²) in [6.07, 6.45) is 7.11. The topological polar surface area (TPSA) is 28.7 Å². The van der Waals surface area contributed by atoms with Gasteiger partial charge in [-0.05, 0) is 30.5 Å². The largest absolute Gasteiger partial charge is 0.345 e. The van der Waals surface area contributed by atoms with Gasteiger partial charge in [0.05, 0.1) is 5.69 Å². The number of imidazole rings is 1. The number of benzene rings is 2. The highest BCUT2D eigenvalue weighted by atomic mass is 35.5. The van der Waals surface area contributed by atoms with Crippen molar-refractivity contribution in [1.29, 1.82) is 0 Å². The molecule has 26 heavy (non-hydrogen) atoms. The summed E-state index contributed by atoms with van der Waals surface area (Å²) in [6, 6.07) is 16.1. The Morgan fingerprint density at radius 3 is 2.46 bits per heavy atom. The molecule has 0 aliphatic heterocycles. The van der Waals surface area contributed by atoms with Gasteiger partial charge in [0, 0.05) is 33.6 Å². The molecule has 1 saturated carbocycles. The number of nitrogens with zero attached hydrogens (tertiary/aromatic N) is 1. The van der Waals surface area contributed by atoms with Gasteiger partial charge in [0.25, 0.3) is 0 Å². The summed E-state index contributed by atoms with van der Waals surface area (Å²) in [6.45, 7) is 0. The van der Waals surface area contributed by atoms with Crippen molar-refractivity contribution >= 4 is 23.2 Å². The van der Waals surface area contributed by atoms with Crippen LogP contribution in [0.25, 0.3) is 11.3 Å². The van der Waals surface area contributed by atoms with E-state index in [1.54, 1.807) is 6.07 Å². The van der Waals surface area contributed by atoms with Crippen LogP contribution in [0.5, 0.6) is 0 Å². The fourth-order valence-corrected chi connectivity index (χ4v) is 4.35. The number of H-pyrrole nitrogens is 1. The van der Waals surface area contributed by atoms with Gasteiger partial charge in [-0.15, -0.1) is 0 Å². The molecule has 1 aromatic heterocycles. The van der Waals surface area contributed by atoms with Crippen LogP contribution < -0.4 is 0 Å². The molecular formula is C22H22Cl2N2. The van der Waals surface area contributed by atoms with Crippen LogP contribution in [-0.2, 0) is 6.42 Å². The van der Waals surface area contributed by atoms with E-state index in [-0.39, 0.29) is 0 Å². The van der Waals surface area contributed by atoms with Gasteiger partial charge in [-0.3, -0.25) is 0 Å². The molecular weight excluding hydrogens is 363 g/mol. The molecule has 0 atom stereocenters. The lowest BCUT2D eigenvalue weighted by molar-refractivity contribution is 0.438. The molecule has 4 heteroatoms. The first-order chi connectivity index (χ1) is 12.7.